The van der Waals surface area contributed by atoms with Crippen LogP contribution in [0.25, 0.3) is 10.9 Å². The van der Waals surface area contributed by atoms with Gasteiger partial charge in [0.05, 0.1) is 29.6 Å². The third kappa shape index (κ3) is 4.47. The Hall–Kier alpha value is -2.91. The maximum Gasteiger partial charge on any atom is 0.318 e. The first kappa shape index (κ1) is 21.9. The van der Waals surface area contributed by atoms with Crippen molar-refractivity contribution in [3.63, 3.8) is 0 Å². The van der Waals surface area contributed by atoms with E-state index in [0.29, 0.717) is 6.01 Å². The molecule has 0 bridgehead atoms. The molecule has 0 saturated carbocycles. The number of likely N-dealkylation sites (N-methyl/N-ethyl adjacent to an activating group) is 1. The van der Waals surface area contributed by atoms with Gasteiger partial charge in [0.2, 0.25) is 0 Å². The van der Waals surface area contributed by atoms with Crippen LogP contribution in [0, 0.1) is 6.92 Å². The molecule has 0 aliphatic carbocycles. The predicted octanol–water partition coefficient (Wildman–Crippen LogP) is 1.96. The summed E-state index contributed by atoms with van der Waals surface area (Å²) >= 11 is 0. The van der Waals surface area contributed by atoms with Gasteiger partial charge in [-0.05, 0) is 46.0 Å². The Morgan fingerprint density at radius 3 is 2.73 bits per heavy atom. The van der Waals surface area contributed by atoms with E-state index in [9.17, 15) is 0 Å². The summed E-state index contributed by atoms with van der Waals surface area (Å²) in [7, 11) is 4.10. The molecule has 3 aromatic rings. The van der Waals surface area contributed by atoms with Crippen molar-refractivity contribution >= 4 is 22.4 Å². The van der Waals surface area contributed by atoms with E-state index < -0.39 is 0 Å². The number of nitrogens with one attached hydrogen (secondary N) is 2. The Labute approximate surface area is 195 Å². The van der Waals surface area contributed by atoms with Crippen LogP contribution in [0.15, 0.2) is 18.3 Å². The third-order valence-corrected chi connectivity index (χ3v) is 6.48. The monoisotopic (exact) mass is 450 g/mol. The van der Waals surface area contributed by atoms with E-state index in [0.717, 1.165) is 74.6 Å². The highest BCUT2D eigenvalue weighted by Gasteiger charge is 2.28. The van der Waals surface area contributed by atoms with Crippen molar-refractivity contribution in [2.24, 2.45) is 0 Å². The van der Waals surface area contributed by atoms with Crippen molar-refractivity contribution in [2.75, 3.05) is 63.2 Å². The number of fused-ring (bicyclic) bond motifs is 2. The van der Waals surface area contributed by atoms with Gasteiger partial charge in [-0.25, -0.2) is 0 Å². The normalized spacial score (nSPS) is 17.5. The van der Waals surface area contributed by atoms with E-state index in [-0.39, 0.29) is 6.10 Å². The van der Waals surface area contributed by atoms with Crippen molar-refractivity contribution in [1.29, 1.82) is 0 Å². The first-order valence-electron chi connectivity index (χ1n) is 11.8. The van der Waals surface area contributed by atoms with Gasteiger partial charge in [-0.2, -0.15) is 15.1 Å². The second kappa shape index (κ2) is 9.15. The summed E-state index contributed by atoms with van der Waals surface area (Å²) in [5, 5.41) is 12.0. The molecule has 1 fully saturated rings. The predicted molar refractivity (Wildman–Crippen MR) is 131 cm³/mol. The highest BCUT2D eigenvalue weighted by Crippen LogP contribution is 2.35. The molecule has 4 heterocycles. The summed E-state index contributed by atoms with van der Waals surface area (Å²) in [5.74, 6) is 1.05. The fourth-order valence-electron chi connectivity index (χ4n) is 5.03. The van der Waals surface area contributed by atoms with E-state index in [2.05, 4.69) is 70.3 Å². The molecule has 1 atom stereocenters. The van der Waals surface area contributed by atoms with Gasteiger partial charge in [-0.15, -0.1) is 0 Å². The number of nitrogens with zero attached hydrogens (tertiary/aromatic N) is 6. The van der Waals surface area contributed by atoms with Gasteiger partial charge in [0.1, 0.15) is 11.9 Å². The SMILES string of the molecule is Cc1ccc2[nH]ncc2c1N1CCc2c(nc(O[C@H](C)CN(C)C)nc2N2CCNCC2)C1. The number of ether oxygens (including phenoxy) is 1. The lowest BCUT2D eigenvalue weighted by Crippen LogP contribution is -2.45. The van der Waals surface area contributed by atoms with Gasteiger partial charge >= 0.3 is 6.01 Å². The van der Waals surface area contributed by atoms with Crippen LogP contribution >= 0.6 is 0 Å². The fourth-order valence-corrected chi connectivity index (χ4v) is 5.03. The first-order valence-corrected chi connectivity index (χ1v) is 11.8. The molecule has 33 heavy (non-hydrogen) atoms. The Kier molecular flexibility index (Phi) is 6.07. The zero-order chi connectivity index (χ0) is 22.9. The van der Waals surface area contributed by atoms with Gasteiger partial charge in [-0.1, -0.05) is 6.07 Å². The number of aryl methyl sites for hydroxylation is 1. The lowest BCUT2D eigenvalue weighted by Gasteiger charge is -2.36. The molecule has 2 aliphatic heterocycles. The van der Waals surface area contributed by atoms with Gasteiger partial charge in [0.25, 0.3) is 0 Å². The van der Waals surface area contributed by atoms with Crippen LogP contribution in [0.3, 0.4) is 0 Å². The Bertz CT molecular complexity index is 1120. The van der Waals surface area contributed by atoms with Crippen LogP contribution < -0.4 is 19.9 Å². The average Bonchev–Trinajstić information content (AvgIpc) is 3.27. The average molecular weight is 451 g/mol. The number of aromatic amines is 1. The van der Waals surface area contributed by atoms with Crippen LogP contribution in [0.4, 0.5) is 11.5 Å². The van der Waals surface area contributed by atoms with E-state index in [1.165, 1.54) is 16.8 Å². The number of rotatable bonds is 6. The number of piperazine rings is 1. The minimum Gasteiger partial charge on any atom is -0.459 e. The molecule has 0 amide bonds. The minimum absolute atomic E-state index is 0.00976. The zero-order valence-electron chi connectivity index (χ0n) is 20.1. The van der Waals surface area contributed by atoms with E-state index in [4.69, 9.17) is 14.7 Å². The van der Waals surface area contributed by atoms with Gasteiger partial charge in [-0.3, -0.25) is 5.10 Å². The molecule has 176 valence electrons. The van der Waals surface area contributed by atoms with E-state index in [1.54, 1.807) is 0 Å². The molecule has 2 aliphatic rings. The summed E-state index contributed by atoms with van der Waals surface area (Å²) in [6.45, 7) is 10.6. The number of hydrogen-bond donors (Lipinski definition) is 2. The lowest BCUT2D eigenvalue weighted by molar-refractivity contribution is 0.163. The molecule has 0 spiro atoms. The summed E-state index contributed by atoms with van der Waals surface area (Å²) in [4.78, 5) is 16.8. The molecule has 5 rings (SSSR count). The van der Waals surface area contributed by atoms with Crippen molar-refractivity contribution in [1.82, 2.24) is 30.4 Å². The Morgan fingerprint density at radius 2 is 1.94 bits per heavy atom. The van der Waals surface area contributed by atoms with Crippen LogP contribution in [0.1, 0.15) is 23.7 Å². The lowest BCUT2D eigenvalue weighted by atomic mass is 10.0. The smallest absolute Gasteiger partial charge is 0.318 e. The quantitative estimate of drug-likeness (QED) is 0.590. The van der Waals surface area contributed by atoms with E-state index in [1.807, 2.05) is 6.20 Å². The third-order valence-electron chi connectivity index (χ3n) is 6.48. The second-order valence-corrected chi connectivity index (χ2v) is 9.42. The molecular formula is C24H34N8O. The molecule has 2 aromatic heterocycles. The second-order valence-electron chi connectivity index (χ2n) is 9.42. The fraction of sp³-hybridized carbons (Fsp3) is 0.542. The summed E-state index contributed by atoms with van der Waals surface area (Å²) in [6, 6.07) is 4.74. The molecule has 9 heteroatoms. The highest BCUT2D eigenvalue weighted by molar-refractivity contribution is 5.93. The molecule has 2 N–H and O–H groups in total. The largest absolute Gasteiger partial charge is 0.459 e. The van der Waals surface area contributed by atoms with Gasteiger partial charge < -0.3 is 24.8 Å². The van der Waals surface area contributed by atoms with Crippen LogP contribution in [0.2, 0.25) is 0 Å². The summed E-state index contributed by atoms with van der Waals surface area (Å²) in [5.41, 5.74) is 5.87. The van der Waals surface area contributed by atoms with Crippen LogP contribution in [-0.4, -0.2) is 84.5 Å². The first-order chi connectivity index (χ1) is 16.0. The van der Waals surface area contributed by atoms with Gasteiger partial charge in [0, 0.05) is 50.2 Å². The molecule has 1 saturated heterocycles. The minimum atomic E-state index is 0.00976. The van der Waals surface area contributed by atoms with Crippen LogP contribution in [0.5, 0.6) is 6.01 Å². The number of H-pyrrole nitrogens is 1. The zero-order valence-corrected chi connectivity index (χ0v) is 20.1. The molecule has 0 radical (unpaired) electrons. The number of hydrogen-bond acceptors (Lipinski definition) is 8. The standard InChI is InChI=1S/C24H34N8O/c1-16-5-6-20-19(13-26-29-20)22(16)32-10-7-18-21(15-32)27-24(33-17(2)14-30(3)4)28-23(18)31-11-8-25-9-12-31/h5-6,13,17,25H,7-12,14-15H2,1-4H3,(H,26,29)/t17-/m1/s1. The molecule has 1 aromatic carbocycles. The summed E-state index contributed by atoms with van der Waals surface area (Å²) < 4.78 is 6.21. The van der Waals surface area contributed by atoms with Crippen molar-refractivity contribution in [3.05, 3.63) is 35.2 Å². The topological polar surface area (TPSA) is 85.4 Å². The molecule has 9 nitrogen and oxygen atoms in total. The number of anilines is 2. The van der Waals surface area contributed by atoms with Crippen molar-refractivity contribution in [3.8, 4) is 6.01 Å². The maximum absolute atomic E-state index is 6.21. The molecule has 0 unspecified atom stereocenters. The van der Waals surface area contributed by atoms with E-state index >= 15 is 0 Å². The van der Waals surface area contributed by atoms with Crippen molar-refractivity contribution < 1.29 is 4.74 Å². The van der Waals surface area contributed by atoms with Crippen molar-refractivity contribution in [2.45, 2.75) is 32.9 Å². The van der Waals surface area contributed by atoms with Crippen LogP contribution in [-0.2, 0) is 13.0 Å². The van der Waals surface area contributed by atoms with Gasteiger partial charge in [0.15, 0.2) is 0 Å². The molecular weight excluding hydrogens is 416 g/mol. The Balaban J connectivity index is 1.51. The number of benzene rings is 1. The maximum atomic E-state index is 6.21. The summed E-state index contributed by atoms with van der Waals surface area (Å²) in [6.07, 6.45) is 2.85. The highest BCUT2D eigenvalue weighted by atomic mass is 16.5. The number of aromatic nitrogens is 4. The Morgan fingerprint density at radius 1 is 1.12 bits per heavy atom.